The molecule has 0 saturated carbocycles. The number of nitrogens with two attached hydrogens (primary N) is 1. The predicted molar refractivity (Wildman–Crippen MR) is 65.0 cm³/mol. The second kappa shape index (κ2) is 4.77. The van der Waals surface area contributed by atoms with Crippen LogP contribution in [-0.2, 0) is 0 Å². The number of hydrogen-bond acceptors (Lipinski definition) is 3. The third-order valence-corrected chi connectivity index (χ3v) is 2.93. The summed E-state index contributed by atoms with van der Waals surface area (Å²) < 4.78 is 0.832. The van der Waals surface area contributed by atoms with Gasteiger partial charge >= 0.3 is 0 Å². The topological polar surface area (TPSA) is 26.0 Å². The van der Waals surface area contributed by atoms with Gasteiger partial charge in [-0.2, -0.15) is 0 Å². The molecule has 0 aromatic rings. The second-order valence-electron chi connectivity index (χ2n) is 2.33. The molecule has 0 aromatic carbocycles. The fourth-order valence-corrected chi connectivity index (χ4v) is 1.86. The van der Waals surface area contributed by atoms with Crippen LogP contribution in [0, 0.1) is 0 Å². The monoisotopic (exact) mass is 225 g/mol. The van der Waals surface area contributed by atoms with E-state index in [0.29, 0.717) is 14.8 Å². The Morgan fingerprint density at radius 2 is 1.73 bits per heavy atom. The molecule has 5 heteroatoms. The Bertz CT molecular complexity index is 163. The minimum absolute atomic E-state index is 0.416. The van der Waals surface area contributed by atoms with Gasteiger partial charge in [0.2, 0.25) is 0 Å². The summed E-state index contributed by atoms with van der Waals surface area (Å²) in [6, 6.07) is 0. The molecule has 0 aliphatic heterocycles. The Kier molecular flexibility index (Phi) is 5.13. The number of rotatable bonds is 4. The van der Waals surface area contributed by atoms with E-state index in [-0.39, 0.29) is 0 Å². The van der Waals surface area contributed by atoms with Crippen molar-refractivity contribution in [2.45, 2.75) is 25.3 Å². The van der Waals surface area contributed by atoms with Crippen molar-refractivity contribution in [3.63, 3.8) is 0 Å². The van der Waals surface area contributed by atoms with E-state index < -0.39 is 5.54 Å². The van der Waals surface area contributed by atoms with Gasteiger partial charge in [-0.3, -0.25) is 0 Å². The highest BCUT2D eigenvalue weighted by atomic mass is 32.1. The van der Waals surface area contributed by atoms with E-state index >= 15 is 0 Å². The van der Waals surface area contributed by atoms with Gasteiger partial charge in [0.25, 0.3) is 0 Å². The minimum Gasteiger partial charge on any atom is -0.315 e. The average Bonchev–Trinajstić information content (AvgIpc) is 1.87. The molecule has 0 rings (SSSR count). The zero-order valence-corrected chi connectivity index (χ0v) is 9.62. The van der Waals surface area contributed by atoms with Gasteiger partial charge in [0, 0.05) is 0 Å². The van der Waals surface area contributed by atoms with Crippen molar-refractivity contribution in [2.24, 2.45) is 5.73 Å². The van der Waals surface area contributed by atoms with Crippen molar-refractivity contribution in [3.05, 3.63) is 0 Å². The standard InChI is InChI=1S/C6H11NS4/c1-2-3-6(7,4(8)9)5(10)11/h2-3,7H2,1H3,(H,8,9)(H,10,11). The third kappa shape index (κ3) is 2.99. The summed E-state index contributed by atoms with van der Waals surface area (Å²) in [6.45, 7) is 2.01. The van der Waals surface area contributed by atoms with Crippen molar-refractivity contribution < 1.29 is 0 Å². The summed E-state index contributed by atoms with van der Waals surface area (Å²) in [5.74, 6) is 0. The van der Waals surface area contributed by atoms with E-state index in [1.54, 1.807) is 0 Å². The zero-order valence-electron chi connectivity index (χ0n) is 6.20. The molecule has 0 spiro atoms. The van der Waals surface area contributed by atoms with Gasteiger partial charge in [-0.05, 0) is 6.42 Å². The SMILES string of the molecule is CCCC(N)(C(=S)S)C(=S)S. The van der Waals surface area contributed by atoms with E-state index in [1.165, 1.54) is 0 Å². The van der Waals surface area contributed by atoms with Crippen LogP contribution in [0.1, 0.15) is 19.8 Å². The molecule has 0 aliphatic rings. The molecule has 0 saturated heterocycles. The highest BCUT2D eigenvalue weighted by molar-refractivity contribution is 8.14. The average molecular weight is 225 g/mol. The van der Waals surface area contributed by atoms with Crippen LogP contribution in [0.2, 0.25) is 0 Å². The lowest BCUT2D eigenvalue weighted by Crippen LogP contribution is -2.49. The quantitative estimate of drug-likeness (QED) is 0.504. The second-order valence-corrected chi connectivity index (χ2v) is 4.65. The largest absolute Gasteiger partial charge is 0.315 e. The zero-order chi connectivity index (χ0) is 9.07. The molecule has 2 N–H and O–H groups in total. The first kappa shape index (κ1) is 11.8. The molecule has 0 aliphatic carbocycles. The van der Waals surface area contributed by atoms with Gasteiger partial charge in [0.05, 0.1) is 13.9 Å². The number of thiocarbonyl (C=S) groups is 2. The molecule has 11 heavy (non-hydrogen) atoms. The van der Waals surface area contributed by atoms with Crippen molar-refractivity contribution >= 4 is 58.1 Å². The van der Waals surface area contributed by atoms with Crippen LogP contribution in [0.4, 0.5) is 0 Å². The normalized spacial score (nSPS) is 11.3. The molecule has 0 heterocycles. The van der Waals surface area contributed by atoms with Gasteiger partial charge in [-0.25, -0.2) is 0 Å². The number of thiol groups is 2. The molecule has 0 bridgehead atoms. The van der Waals surface area contributed by atoms with E-state index in [2.05, 4.69) is 25.3 Å². The van der Waals surface area contributed by atoms with Gasteiger partial charge in [0.1, 0.15) is 0 Å². The minimum atomic E-state index is -0.758. The van der Waals surface area contributed by atoms with Crippen LogP contribution in [0.15, 0.2) is 0 Å². The summed E-state index contributed by atoms with van der Waals surface area (Å²) >= 11 is 17.8. The maximum Gasteiger partial charge on any atom is 0.0985 e. The Morgan fingerprint density at radius 3 is 1.82 bits per heavy atom. The van der Waals surface area contributed by atoms with E-state index in [1.807, 2.05) is 6.92 Å². The van der Waals surface area contributed by atoms with Crippen LogP contribution >= 0.6 is 49.7 Å². The van der Waals surface area contributed by atoms with Crippen molar-refractivity contribution in [3.8, 4) is 0 Å². The fraction of sp³-hybridized carbons (Fsp3) is 0.667. The lowest BCUT2D eigenvalue weighted by Gasteiger charge is -2.25. The molecule has 0 fully saturated rings. The molecular formula is C6H11NS4. The molecule has 0 atom stereocenters. The Balaban J connectivity index is 4.52. The Labute approximate surface area is 88.9 Å². The van der Waals surface area contributed by atoms with Gasteiger partial charge in [-0.1, -0.05) is 37.8 Å². The maximum absolute atomic E-state index is 5.86. The summed E-state index contributed by atoms with van der Waals surface area (Å²) in [6.07, 6.45) is 1.62. The first-order chi connectivity index (χ1) is 4.95. The molecule has 1 nitrogen and oxygen atoms in total. The Hall–Kier alpha value is 0.840. The van der Waals surface area contributed by atoms with Gasteiger partial charge in [-0.15, -0.1) is 25.3 Å². The van der Waals surface area contributed by atoms with Crippen LogP contribution in [-0.4, -0.2) is 13.9 Å². The maximum atomic E-state index is 5.86. The first-order valence-electron chi connectivity index (χ1n) is 3.20. The molecule has 64 valence electrons. The van der Waals surface area contributed by atoms with Crippen molar-refractivity contribution in [1.29, 1.82) is 0 Å². The van der Waals surface area contributed by atoms with E-state index in [4.69, 9.17) is 30.2 Å². The molecule has 0 radical (unpaired) electrons. The molecular weight excluding hydrogens is 214 g/mol. The van der Waals surface area contributed by atoms with Crippen LogP contribution in [0.25, 0.3) is 0 Å². The molecule has 0 aromatic heterocycles. The highest BCUT2D eigenvalue weighted by Gasteiger charge is 2.30. The fourth-order valence-electron chi connectivity index (χ4n) is 0.700. The number of hydrogen-bond donors (Lipinski definition) is 3. The highest BCUT2D eigenvalue weighted by Crippen LogP contribution is 2.19. The molecule has 0 amide bonds. The van der Waals surface area contributed by atoms with Crippen LogP contribution < -0.4 is 5.73 Å². The van der Waals surface area contributed by atoms with Gasteiger partial charge in [0.15, 0.2) is 0 Å². The third-order valence-electron chi connectivity index (χ3n) is 1.41. The molecule has 0 unspecified atom stereocenters. The lowest BCUT2D eigenvalue weighted by molar-refractivity contribution is 0.671. The van der Waals surface area contributed by atoms with E-state index in [9.17, 15) is 0 Å². The smallest absolute Gasteiger partial charge is 0.0985 e. The first-order valence-corrected chi connectivity index (χ1v) is 4.92. The lowest BCUT2D eigenvalue weighted by atomic mass is 10.00. The summed E-state index contributed by atoms with van der Waals surface area (Å²) in [7, 11) is 0. The van der Waals surface area contributed by atoms with Crippen LogP contribution in [0.3, 0.4) is 0 Å². The van der Waals surface area contributed by atoms with Crippen molar-refractivity contribution in [2.75, 3.05) is 0 Å². The summed E-state index contributed by atoms with van der Waals surface area (Å²) in [5, 5.41) is 0. The van der Waals surface area contributed by atoms with E-state index in [0.717, 1.165) is 6.42 Å². The Morgan fingerprint density at radius 1 is 1.36 bits per heavy atom. The van der Waals surface area contributed by atoms with Crippen molar-refractivity contribution in [1.82, 2.24) is 0 Å². The van der Waals surface area contributed by atoms with Crippen LogP contribution in [0.5, 0.6) is 0 Å². The predicted octanol–water partition coefficient (Wildman–Crippen LogP) is 2.00. The van der Waals surface area contributed by atoms with Gasteiger partial charge < -0.3 is 5.73 Å². The summed E-state index contributed by atoms with van der Waals surface area (Å²) in [4.78, 5) is 0. The summed E-state index contributed by atoms with van der Waals surface area (Å²) in [5.41, 5.74) is 5.10.